The lowest BCUT2D eigenvalue weighted by Gasteiger charge is -2.19. The molecule has 2 aromatic rings. The van der Waals surface area contributed by atoms with Crippen LogP contribution in [0.5, 0.6) is 11.5 Å². The first-order valence-electron chi connectivity index (χ1n) is 8.58. The summed E-state index contributed by atoms with van der Waals surface area (Å²) in [4.78, 5) is 12.3. The van der Waals surface area contributed by atoms with Gasteiger partial charge < -0.3 is 14.8 Å². The van der Waals surface area contributed by atoms with Gasteiger partial charge in [-0.05, 0) is 37.5 Å². The van der Waals surface area contributed by atoms with Gasteiger partial charge in [-0.15, -0.1) is 0 Å². The summed E-state index contributed by atoms with van der Waals surface area (Å²) in [5.41, 5.74) is 3.18. The standard InChI is InChI=1S/C21H27NO3/c1-14(2)17-8-6-7-9-20(17)25-13-21(23)22-16(4)18-12-15(3)10-11-19(18)24-5/h6-12,14,16H,13H2,1-5H3,(H,22,23)/t16-/m1/s1. The van der Waals surface area contributed by atoms with Gasteiger partial charge in [-0.1, -0.05) is 49.7 Å². The highest BCUT2D eigenvalue weighted by Gasteiger charge is 2.15. The minimum atomic E-state index is -0.161. The Labute approximate surface area is 150 Å². The summed E-state index contributed by atoms with van der Waals surface area (Å²) in [5.74, 6) is 1.71. The van der Waals surface area contributed by atoms with Gasteiger partial charge in [-0.3, -0.25) is 4.79 Å². The monoisotopic (exact) mass is 341 g/mol. The zero-order chi connectivity index (χ0) is 18.4. The average molecular weight is 341 g/mol. The number of aryl methyl sites for hydroxylation is 1. The number of hydrogen-bond acceptors (Lipinski definition) is 3. The molecule has 0 bridgehead atoms. The van der Waals surface area contributed by atoms with E-state index < -0.39 is 0 Å². The highest BCUT2D eigenvalue weighted by Crippen LogP contribution is 2.27. The van der Waals surface area contributed by atoms with Gasteiger partial charge in [-0.25, -0.2) is 0 Å². The normalized spacial score (nSPS) is 11.9. The summed E-state index contributed by atoms with van der Waals surface area (Å²) in [5, 5.41) is 2.97. The average Bonchev–Trinajstić information content (AvgIpc) is 2.60. The summed E-state index contributed by atoms with van der Waals surface area (Å²) >= 11 is 0. The fourth-order valence-corrected chi connectivity index (χ4v) is 2.79. The molecule has 1 atom stereocenters. The lowest BCUT2D eigenvalue weighted by molar-refractivity contribution is -0.123. The van der Waals surface area contributed by atoms with E-state index in [1.807, 2.05) is 56.3 Å². The van der Waals surface area contributed by atoms with Gasteiger partial charge in [0.15, 0.2) is 6.61 Å². The van der Waals surface area contributed by atoms with Crippen molar-refractivity contribution in [1.29, 1.82) is 0 Å². The predicted octanol–water partition coefficient (Wildman–Crippen LogP) is 4.38. The second-order valence-electron chi connectivity index (χ2n) is 6.52. The van der Waals surface area contributed by atoms with E-state index in [2.05, 4.69) is 19.2 Å². The first kappa shape index (κ1) is 18.8. The molecule has 0 aliphatic heterocycles. The van der Waals surface area contributed by atoms with E-state index >= 15 is 0 Å². The fraction of sp³-hybridized carbons (Fsp3) is 0.381. The van der Waals surface area contributed by atoms with Crippen molar-refractivity contribution in [3.8, 4) is 11.5 Å². The number of rotatable bonds is 7. The molecule has 0 radical (unpaired) electrons. The van der Waals surface area contributed by atoms with Crippen LogP contribution in [0.15, 0.2) is 42.5 Å². The van der Waals surface area contributed by atoms with E-state index in [1.54, 1.807) is 7.11 Å². The first-order valence-corrected chi connectivity index (χ1v) is 8.58. The van der Waals surface area contributed by atoms with E-state index in [0.29, 0.717) is 5.92 Å². The van der Waals surface area contributed by atoms with Crippen molar-refractivity contribution in [1.82, 2.24) is 5.32 Å². The molecule has 4 heteroatoms. The predicted molar refractivity (Wildman–Crippen MR) is 100 cm³/mol. The fourth-order valence-electron chi connectivity index (χ4n) is 2.79. The Balaban J connectivity index is 2.00. The SMILES string of the molecule is COc1ccc(C)cc1[C@@H](C)NC(=O)COc1ccccc1C(C)C. The lowest BCUT2D eigenvalue weighted by atomic mass is 10.0. The number of amides is 1. The van der Waals surface area contributed by atoms with Crippen LogP contribution < -0.4 is 14.8 Å². The number of nitrogens with one attached hydrogen (secondary N) is 1. The molecule has 134 valence electrons. The molecular formula is C21H27NO3. The Morgan fingerprint density at radius 3 is 2.44 bits per heavy atom. The van der Waals surface area contributed by atoms with Gasteiger partial charge in [0.05, 0.1) is 13.2 Å². The molecule has 0 aliphatic rings. The van der Waals surface area contributed by atoms with Crippen LogP contribution in [0.1, 0.15) is 49.4 Å². The zero-order valence-electron chi connectivity index (χ0n) is 15.6. The molecule has 0 saturated carbocycles. The second-order valence-corrected chi connectivity index (χ2v) is 6.52. The molecule has 2 rings (SSSR count). The first-order chi connectivity index (χ1) is 11.9. The smallest absolute Gasteiger partial charge is 0.258 e. The molecule has 25 heavy (non-hydrogen) atoms. The topological polar surface area (TPSA) is 47.6 Å². The van der Waals surface area contributed by atoms with Crippen LogP contribution in [0, 0.1) is 6.92 Å². The molecular weight excluding hydrogens is 314 g/mol. The van der Waals surface area contributed by atoms with E-state index in [4.69, 9.17) is 9.47 Å². The molecule has 0 saturated heterocycles. The van der Waals surface area contributed by atoms with Crippen LogP contribution in [0.25, 0.3) is 0 Å². The largest absolute Gasteiger partial charge is 0.496 e. The van der Waals surface area contributed by atoms with Gasteiger partial charge in [0, 0.05) is 5.56 Å². The van der Waals surface area contributed by atoms with Crippen LogP contribution in [-0.2, 0) is 4.79 Å². The summed E-state index contributed by atoms with van der Waals surface area (Å²) < 4.78 is 11.1. The molecule has 4 nitrogen and oxygen atoms in total. The zero-order valence-corrected chi connectivity index (χ0v) is 15.6. The van der Waals surface area contributed by atoms with E-state index in [0.717, 1.165) is 28.2 Å². The third-order valence-electron chi connectivity index (χ3n) is 4.13. The highest BCUT2D eigenvalue weighted by atomic mass is 16.5. The van der Waals surface area contributed by atoms with Crippen LogP contribution in [0.3, 0.4) is 0 Å². The Hall–Kier alpha value is -2.49. The summed E-state index contributed by atoms with van der Waals surface area (Å²) in [6.07, 6.45) is 0. The van der Waals surface area contributed by atoms with Crippen LogP contribution >= 0.6 is 0 Å². The maximum Gasteiger partial charge on any atom is 0.258 e. The van der Waals surface area contributed by atoms with Gasteiger partial charge in [0.2, 0.25) is 0 Å². The number of benzene rings is 2. The maximum absolute atomic E-state index is 12.3. The number of carbonyl (C=O) groups excluding carboxylic acids is 1. The molecule has 0 aliphatic carbocycles. The summed E-state index contributed by atoms with van der Waals surface area (Å²) in [7, 11) is 1.63. The molecule has 2 aromatic carbocycles. The van der Waals surface area contributed by atoms with E-state index in [-0.39, 0.29) is 18.6 Å². The van der Waals surface area contributed by atoms with Gasteiger partial charge >= 0.3 is 0 Å². The number of carbonyl (C=O) groups is 1. The summed E-state index contributed by atoms with van der Waals surface area (Å²) in [6, 6.07) is 13.6. The van der Waals surface area contributed by atoms with Crippen molar-refractivity contribution in [3.63, 3.8) is 0 Å². The second kappa shape index (κ2) is 8.56. The quantitative estimate of drug-likeness (QED) is 0.813. The Morgan fingerprint density at radius 1 is 1.04 bits per heavy atom. The molecule has 0 fully saturated rings. The van der Waals surface area contributed by atoms with Crippen molar-refractivity contribution in [3.05, 3.63) is 59.2 Å². The van der Waals surface area contributed by atoms with E-state index in [9.17, 15) is 4.79 Å². The number of hydrogen-bond donors (Lipinski definition) is 1. The molecule has 0 heterocycles. The Morgan fingerprint density at radius 2 is 1.76 bits per heavy atom. The maximum atomic E-state index is 12.3. The van der Waals surface area contributed by atoms with Crippen LogP contribution in [0.2, 0.25) is 0 Å². The molecule has 1 amide bonds. The van der Waals surface area contributed by atoms with Crippen LogP contribution in [0.4, 0.5) is 0 Å². The van der Waals surface area contributed by atoms with Crippen molar-refractivity contribution in [2.24, 2.45) is 0 Å². The molecule has 0 unspecified atom stereocenters. The number of para-hydroxylation sites is 1. The van der Waals surface area contributed by atoms with Gasteiger partial charge in [-0.2, -0.15) is 0 Å². The van der Waals surface area contributed by atoms with Crippen molar-refractivity contribution >= 4 is 5.91 Å². The molecule has 0 spiro atoms. The number of methoxy groups -OCH3 is 1. The molecule has 0 aromatic heterocycles. The Kier molecular flexibility index (Phi) is 6.45. The minimum absolute atomic E-state index is 0.0117. The summed E-state index contributed by atoms with van der Waals surface area (Å²) in [6.45, 7) is 8.16. The van der Waals surface area contributed by atoms with Crippen molar-refractivity contribution in [2.45, 2.75) is 39.7 Å². The highest BCUT2D eigenvalue weighted by molar-refractivity contribution is 5.78. The molecule has 1 N–H and O–H groups in total. The third kappa shape index (κ3) is 4.99. The number of ether oxygens (including phenoxy) is 2. The van der Waals surface area contributed by atoms with Gasteiger partial charge in [0.25, 0.3) is 5.91 Å². The van der Waals surface area contributed by atoms with Crippen LogP contribution in [-0.4, -0.2) is 19.6 Å². The third-order valence-corrected chi connectivity index (χ3v) is 4.13. The van der Waals surface area contributed by atoms with Crippen molar-refractivity contribution < 1.29 is 14.3 Å². The Bertz CT molecular complexity index is 725. The van der Waals surface area contributed by atoms with E-state index in [1.165, 1.54) is 0 Å². The van der Waals surface area contributed by atoms with Crippen molar-refractivity contribution in [2.75, 3.05) is 13.7 Å². The lowest BCUT2D eigenvalue weighted by Crippen LogP contribution is -2.31. The minimum Gasteiger partial charge on any atom is -0.496 e. The van der Waals surface area contributed by atoms with Gasteiger partial charge in [0.1, 0.15) is 11.5 Å².